The summed E-state index contributed by atoms with van der Waals surface area (Å²) in [5.74, 6) is 1.61. The summed E-state index contributed by atoms with van der Waals surface area (Å²) in [7, 11) is 1.65. The Bertz CT molecular complexity index is 859. The number of alkyl halides is 2. The van der Waals surface area contributed by atoms with Crippen LogP contribution in [0.1, 0.15) is 30.4 Å². The molecule has 2 aromatic rings. The molecule has 1 aromatic carbocycles. The number of rotatable bonds is 7. The van der Waals surface area contributed by atoms with Crippen molar-refractivity contribution in [3.05, 3.63) is 52.7 Å². The van der Waals surface area contributed by atoms with Crippen molar-refractivity contribution < 1.29 is 13.5 Å². The van der Waals surface area contributed by atoms with E-state index in [0.717, 1.165) is 24.5 Å². The first-order valence-electron chi connectivity index (χ1n) is 9.93. The molecule has 0 spiro atoms. The fraction of sp³-hybridized carbons (Fsp3) is 0.429. The Labute approximate surface area is 180 Å². The lowest BCUT2D eigenvalue weighted by Crippen LogP contribution is -2.36. The molecule has 3 rings (SSSR count). The average molecular weight is 438 g/mol. The van der Waals surface area contributed by atoms with Crippen molar-refractivity contribution >= 4 is 23.4 Å². The van der Waals surface area contributed by atoms with Crippen LogP contribution in [0, 0.1) is 0 Å². The minimum Gasteiger partial charge on any atom is -0.434 e. The Morgan fingerprint density at radius 2 is 1.93 bits per heavy atom. The van der Waals surface area contributed by atoms with Gasteiger partial charge in [0.25, 0.3) is 0 Å². The van der Waals surface area contributed by atoms with Crippen LogP contribution in [0.5, 0.6) is 5.75 Å². The van der Waals surface area contributed by atoms with Crippen molar-refractivity contribution in [1.82, 2.24) is 15.6 Å². The molecule has 2 heterocycles. The first-order chi connectivity index (χ1) is 14.5. The number of nitrogens with one attached hydrogen (secondary N) is 2. The van der Waals surface area contributed by atoms with Crippen LogP contribution in [-0.2, 0) is 13.1 Å². The number of halogens is 3. The van der Waals surface area contributed by atoms with Gasteiger partial charge in [0.2, 0.25) is 0 Å². The number of nitrogens with zero attached hydrogens (tertiary/aromatic N) is 3. The van der Waals surface area contributed by atoms with E-state index in [1.54, 1.807) is 13.1 Å². The highest BCUT2D eigenvalue weighted by atomic mass is 35.5. The Morgan fingerprint density at radius 3 is 2.67 bits per heavy atom. The second kappa shape index (κ2) is 11.0. The van der Waals surface area contributed by atoms with E-state index in [2.05, 4.69) is 36.3 Å². The zero-order valence-corrected chi connectivity index (χ0v) is 17.6. The molecule has 1 fully saturated rings. The van der Waals surface area contributed by atoms with Crippen LogP contribution in [0.2, 0.25) is 5.02 Å². The second-order valence-electron chi connectivity index (χ2n) is 6.98. The number of ether oxygens (including phenoxy) is 1. The van der Waals surface area contributed by atoms with Gasteiger partial charge in [-0.15, -0.1) is 0 Å². The lowest BCUT2D eigenvalue weighted by Gasteiger charge is -2.28. The number of piperidine rings is 1. The molecule has 0 atom stereocenters. The molecular weight excluding hydrogens is 412 g/mol. The van der Waals surface area contributed by atoms with Crippen LogP contribution in [-0.4, -0.2) is 37.7 Å². The largest absolute Gasteiger partial charge is 0.434 e. The fourth-order valence-electron chi connectivity index (χ4n) is 3.35. The third kappa shape index (κ3) is 6.45. The normalized spacial score (nSPS) is 14.7. The molecule has 0 amide bonds. The van der Waals surface area contributed by atoms with Crippen LogP contribution >= 0.6 is 11.6 Å². The van der Waals surface area contributed by atoms with E-state index in [0.29, 0.717) is 23.1 Å². The fourth-order valence-corrected chi connectivity index (χ4v) is 3.54. The van der Waals surface area contributed by atoms with Crippen LogP contribution in [0.4, 0.5) is 14.6 Å². The van der Waals surface area contributed by atoms with Crippen LogP contribution in [0.15, 0.2) is 41.5 Å². The highest BCUT2D eigenvalue weighted by Gasteiger charge is 2.13. The molecule has 9 heteroatoms. The quantitative estimate of drug-likeness (QED) is 0.502. The van der Waals surface area contributed by atoms with Gasteiger partial charge in [-0.25, -0.2) is 4.98 Å². The number of pyridine rings is 1. The van der Waals surface area contributed by atoms with Crippen LogP contribution < -0.4 is 20.3 Å². The van der Waals surface area contributed by atoms with Crippen molar-refractivity contribution in [2.24, 2.45) is 4.99 Å². The topological polar surface area (TPSA) is 61.8 Å². The lowest BCUT2D eigenvalue weighted by molar-refractivity contribution is -0.0504. The third-order valence-electron chi connectivity index (χ3n) is 4.86. The van der Waals surface area contributed by atoms with Gasteiger partial charge in [0.15, 0.2) is 5.96 Å². The molecule has 6 nitrogen and oxygen atoms in total. The summed E-state index contributed by atoms with van der Waals surface area (Å²) in [6, 6.07) is 8.57. The number of hydrogen-bond donors (Lipinski definition) is 2. The molecule has 2 N–H and O–H groups in total. The van der Waals surface area contributed by atoms with Crippen LogP contribution in [0.3, 0.4) is 0 Å². The van der Waals surface area contributed by atoms with E-state index in [4.69, 9.17) is 11.6 Å². The zero-order chi connectivity index (χ0) is 21.3. The Hall–Kier alpha value is -2.61. The van der Waals surface area contributed by atoms with Crippen molar-refractivity contribution in [2.75, 3.05) is 25.0 Å². The summed E-state index contributed by atoms with van der Waals surface area (Å²) in [6.07, 6.45) is 5.48. The summed E-state index contributed by atoms with van der Waals surface area (Å²) in [4.78, 5) is 11.0. The second-order valence-corrected chi connectivity index (χ2v) is 7.42. The number of benzene rings is 1. The molecule has 1 saturated heterocycles. The molecule has 30 heavy (non-hydrogen) atoms. The summed E-state index contributed by atoms with van der Waals surface area (Å²) in [5.41, 5.74) is 1.60. The SMILES string of the molecule is CN=C(NCc1ccnc(N2CCCCC2)c1)NCc1cc(Cl)ccc1OC(F)F. The average Bonchev–Trinajstić information content (AvgIpc) is 2.76. The van der Waals surface area contributed by atoms with E-state index in [9.17, 15) is 8.78 Å². The van der Waals surface area contributed by atoms with E-state index < -0.39 is 6.61 Å². The Balaban J connectivity index is 1.57. The number of aliphatic imine (C=N–C) groups is 1. The maximum Gasteiger partial charge on any atom is 0.387 e. The predicted molar refractivity (Wildman–Crippen MR) is 115 cm³/mol. The summed E-state index contributed by atoms with van der Waals surface area (Å²) in [6.45, 7) is -0.0366. The van der Waals surface area contributed by atoms with Gasteiger partial charge >= 0.3 is 6.61 Å². The molecule has 1 aromatic heterocycles. The monoisotopic (exact) mass is 437 g/mol. The van der Waals surface area contributed by atoms with Crippen molar-refractivity contribution in [2.45, 2.75) is 39.0 Å². The molecule has 1 aliphatic heterocycles. The van der Waals surface area contributed by atoms with E-state index in [1.165, 1.54) is 31.4 Å². The zero-order valence-electron chi connectivity index (χ0n) is 16.9. The highest BCUT2D eigenvalue weighted by molar-refractivity contribution is 6.30. The summed E-state index contributed by atoms with van der Waals surface area (Å²) in [5, 5.41) is 6.78. The number of aromatic nitrogens is 1. The van der Waals surface area contributed by atoms with E-state index in [1.807, 2.05) is 12.3 Å². The minimum absolute atomic E-state index is 0.0812. The molecule has 0 radical (unpaired) electrons. The number of hydrogen-bond acceptors (Lipinski definition) is 4. The number of anilines is 1. The first kappa shape index (κ1) is 22.1. The Morgan fingerprint density at radius 1 is 1.17 bits per heavy atom. The molecule has 0 aliphatic carbocycles. The third-order valence-corrected chi connectivity index (χ3v) is 5.09. The van der Waals surface area contributed by atoms with Gasteiger partial charge < -0.3 is 20.3 Å². The van der Waals surface area contributed by atoms with Crippen molar-refractivity contribution in [3.63, 3.8) is 0 Å². The molecule has 162 valence electrons. The smallest absolute Gasteiger partial charge is 0.387 e. The van der Waals surface area contributed by atoms with Gasteiger partial charge in [-0.05, 0) is 55.2 Å². The maximum absolute atomic E-state index is 12.6. The van der Waals surface area contributed by atoms with Gasteiger partial charge in [-0.3, -0.25) is 4.99 Å². The molecule has 0 bridgehead atoms. The number of guanidine groups is 1. The summed E-state index contributed by atoms with van der Waals surface area (Å²) >= 11 is 6.00. The van der Waals surface area contributed by atoms with Gasteiger partial charge in [-0.2, -0.15) is 8.78 Å². The van der Waals surface area contributed by atoms with Gasteiger partial charge in [-0.1, -0.05) is 11.6 Å². The minimum atomic E-state index is -2.90. The van der Waals surface area contributed by atoms with Crippen molar-refractivity contribution in [1.29, 1.82) is 0 Å². The highest BCUT2D eigenvalue weighted by Crippen LogP contribution is 2.24. The molecule has 0 saturated carbocycles. The van der Waals surface area contributed by atoms with Gasteiger partial charge in [0.1, 0.15) is 11.6 Å². The molecule has 0 unspecified atom stereocenters. The van der Waals surface area contributed by atoms with Gasteiger partial charge in [0, 0.05) is 50.0 Å². The van der Waals surface area contributed by atoms with Crippen LogP contribution in [0.25, 0.3) is 0 Å². The van der Waals surface area contributed by atoms with E-state index in [-0.39, 0.29) is 12.3 Å². The predicted octanol–water partition coefficient (Wildman–Crippen LogP) is 4.19. The van der Waals surface area contributed by atoms with E-state index >= 15 is 0 Å². The maximum atomic E-state index is 12.6. The molecule has 1 aliphatic rings. The Kier molecular flexibility index (Phi) is 8.07. The molecular formula is C21H26ClF2N5O. The standard InChI is InChI=1S/C21H26ClF2N5O/c1-25-21(28-14-16-12-17(22)5-6-18(16)30-20(23)24)27-13-15-7-8-26-19(11-15)29-9-3-2-4-10-29/h5-8,11-12,20H,2-4,9-10,13-14H2,1H3,(H2,25,27,28). The summed E-state index contributed by atoms with van der Waals surface area (Å²) < 4.78 is 29.8. The van der Waals surface area contributed by atoms with Crippen molar-refractivity contribution in [3.8, 4) is 5.75 Å². The first-order valence-corrected chi connectivity index (χ1v) is 10.3. The van der Waals surface area contributed by atoms with Gasteiger partial charge in [0.05, 0.1) is 0 Å². The lowest BCUT2D eigenvalue weighted by atomic mass is 10.1.